The molecule has 0 unspecified atom stereocenters. The number of hydrogen-bond acceptors (Lipinski definition) is 3. The maximum atomic E-state index is 10.5. The summed E-state index contributed by atoms with van der Waals surface area (Å²) in [5, 5.41) is 3.30. The van der Waals surface area contributed by atoms with E-state index in [1.54, 1.807) is 0 Å². The minimum absolute atomic E-state index is 0.219. The first-order valence-corrected chi connectivity index (χ1v) is 5.93. The van der Waals surface area contributed by atoms with Gasteiger partial charge in [-0.1, -0.05) is 6.92 Å². The maximum absolute atomic E-state index is 10.5. The molecule has 4 heteroatoms. The normalized spacial score (nSPS) is 19.3. The number of amides is 1. The minimum atomic E-state index is -0.219. The van der Waals surface area contributed by atoms with Crippen LogP contribution in [0.1, 0.15) is 26.2 Å². The first-order chi connectivity index (χ1) is 7.22. The van der Waals surface area contributed by atoms with Crippen LogP contribution in [-0.2, 0) is 4.79 Å². The number of piperidine rings is 1. The van der Waals surface area contributed by atoms with Gasteiger partial charge < -0.3 is 16.0 Å². The molecule has 1 saturated heterocycles. The van der Waals surface area contributed by atoms with Crippen LogP contribution in [-0.4, -0.2) is 43.5 Å². The predicted molar refractivity (Wildman–Crippen MR) is 61.5 cm³/mol. The van der Waals surface area contributed by atoms with Crippen molar-refractivity contribution < 1.29 is 4.79 Å². The average Bonchev–Trinajstić information content (AvgIpc) is 2.25. The van der Waals surface area contributed by atoms with E-state index in [0.29, 0.717) is 6.42 Å². The largest absolute Gasteiger partial charge is 0.370 e. The summed E-state index contributed by atoms with van der Waals surface area (Å²) in [4.78, 5) is 13.0. The Labute approximate surface area is 92.2 Å². The van der Waals surface area contributed by atoms with Crippen molar-refractivity contribution in [1.29, 1.82) is 0 Å². The van der Waals surface area contributed by atoms with Crippen molar-refractivity contribution in [3.8, 4) is 0 Å². The lowest BCUT2D eigenvalue weighted by atomic mass is 9.97. The molecule has 1 heterocycles. The third-order valence-electron chi connectivity index (χ3n) is 3.14. The molecular weight excluding hydrogens is 190 g/mol. The Balaban J connectivity index is 2.01. The van der Waals surface area contributed by atoms with Crippen molar-refractivity contribution in [2.24, 2.45) is 11.7 Å². The Hall–Kier alpha value is -0.610. The average molecular weight is 213 g/mol. The van der Waals surface area contributed by atoms with E-state index in [4.69, 9.17) is 5.73 Å². The number of carbonyl (C=O) groups is 1. The van der Waals surface area contributed by atoms with Gasteiger partial charge in [0.2, 0.25) is 5.91 Å². The lowest BCUT2D eigenvalue weighted by Gasteiger charge is -2.31. The van der Waals surface area contributed by atoms with Gasteiger partial charge in [-0.25, -0.2) is 0 Å². The minimum Gasteiger partial charge on any atom is -0.370 e. The molecule has 88 valence electrons. The lowest BCUT2D eigenvalue weighted by molar-refractivity contribution is -0.117. The van der Waals surface area contributed by atoms with Gasteiger partial charge in [-0.3, -0.25) is 4.79 Å². The molecule has 0 bridgehead atoms. The molecule has 4 nitrogen and oxygen atoms in total. The van der Waals surface area contributed by atoms with E-state index in [0.717, 1.165) is 19.0 Å². The van der Waals surface area contributed by atoms with Crippen LogP contribution in [0.4, 0.5) is 0 Å². The number of nitrogens with zero attached hydrogens (tertiary/aromatic N) is 1. The topological polar surface area (TPSA) is 58.4 Å². The SMILES string of the molecule is CCN1CCC(CNCCC(N)=O)CC1. The van der Waals surface area contributed by atoms with Gasteiger partial charge in [-0.15, -0.1) is 0 Å². The number of likely N-dealkylation sites (tertiary alicyclic amines) is 1. The molecule has 0 aliphatic carbocycles. The molecule has 0 aromatic carbocycles. The summed E-state index contributed by atoms with van der Waals surface area (Å²) in [6, 6.07) is 0. The monoisotopic (exact) mass is 213 g/mol. The van der Waals surface area contributed by atoms with Crippen LogP contribution in [0.2, 0.25) is 0 Å². The second-order valence-electron chi connectivity index (χ2n) is 4.30. The van der Waals surface area contributed by atoms with E-state index in [-0.39, 0.29) is 5.91 Å². The van der Waals surface area contributed by atoms with Crippen molar-refractivity contribution in [3.05, 3.63) is 0 Å². The molecule has 0 spiro atoms. The summed E-state index contributed by atoms with van der Waals surface area (Å²) in [5.41, 5.74) is 5.06. The highest BCUT2D eigenvalue weighted by Gasteiger charge is 2.17. The van der Waals surface area contributed by atoms with E-state index in [1.807, 2.05) is 0 Å². The van der Waals surface area contributed by atoms with Crippen LogP contribution in [0, 0.1) is 5.92 Å². The van der Waals surface area contributed by atoms with Gasteiger partial charge in [-0.2, -0.15) is 0 Å². The van der Waals surface area contributed by atoms with Gasteiger partial charge in [0.1, 0.15) is 0 Å². The molecule has 3 N–H and O–H groups in total. The summed E-state index contributed by atoms with van der Waals surface area (Å²) in [6.45, 7) is 7.58. The van der Waals surface area contributed by atoms with Gasteiger partial charge in [0.05, 0.1) is 0 Å². The zero-order valence-electron chi connectivity index (χ0n) is 9.67. The van der Waals surface area contributed by atoms with E-state index >= 15 is 0 Å². The molecule has 0 saturated carbocycles. The van der Waals surface area contributed by atoms with Crippen LogP contribution < -0.4 is 11.1 Å². The van der Waals surface area contributed by atoms with E-state index in [9.17, 15) is 4.79 Å². The molecule has 0 atom stereocenters. The maximum Gasteiger partial charge on any atom is 0.218 e. The number of nitrogens with one attached hydrogen (secondary N) is 1. The fourth-order valence-electron chi connectivity index (χ4n) is 2.02. The Morgan fingerprint density at radius 3 is 2.67 bits per heavy atom. The molecule has 1 aliphatic rings. The zero-order chi connectivity index (χ0) is 11.1. The molecule has 15 heavy (non-hydrogen) atoms. The third-order valence-corrected chi connectivity index (χ3v) is 3.14. The number of rotatable bonds is 6. The van der Waals surface area contributed by atoms with Crippen molar-refractivity contribution in [2.45, 2.75) is 26.2 Å². The van der Waals surface area contributed by atoms with Crippen molar-refractivity contribution in [2.75, 3.05) is 32.7 Å². The van der Waals surface area contributed by atoms with Crippen LogP contribution in [0.15, 0.2) is 0 Å². The first-order valence-electron chi connectivity index (χ1n) is 5.93. The van der Waals surface area contributed by atoms with E-state index in [2.05, 4.69) is 17.1 Å². The van der Waals surface area contributed by atoms with Gasteiger partial charge in [-0.05, 0) is 44.9 Å². The number of primary amides is 1. The molecule has 0 radical (unpaired) electrons. The second kappa shape index (κ2) is 6.80. The number of carbonyl (C=O) groups excluding carboxylic acids is 1. The molecular formula is C11H23N3O. The summed E-state index contributed by atoms with van der Waals surface area (Å²) in [6.07, 6.45) is 3.00. The standard InChI is InChI=1S/C11H23N3O/c1-2-14-7-4-10(5-8-14)9-13-6-3-11(12)15/h10,13H,2-9H2,1H3,(H2,12,15). The van der Waals surface area contributed by atoms with Gasteiger partial charge >= 0.3 is 0 Å². The Morgan fingerprint density at radius 1 is 1.47 bits per heavy atom. The second-order valence-corrected chi connectivity index (χ2v) is 4.30. The molecule has 1 aliphatic heterocycles. The summed E-state index contributed by atoms with van der Waals surface area (Å²) in [7, 11) is 0. The summed E-state index contributed by atoms with van der Waals surface area (Å²) < 4.78 is 0. The highest BCUT2D eigenvalue weighted by Crippen LogP contribution is 2.15. The Bertz CT molecular complexity index is 188. The van der Waals surface area contributed by atoms with Crippen LogP contribution in [0.5, 0.6) is 0 Å². The zero-order valence-corrected chi connectivity index (χ0v) is 9.67. The van der Waals surface area contributed by atoms with Crippen LogP contribution in [0.25, 0.3) is 0 Å². The van der Waals surface area contributed by atoms with E-state index in [1.165, 1.54) is 32.5 Å². The quantitative estimate of drug-likeness (QED) is 0.619. The number of hydrogen-bond donors (Lipinski definition) is 2. The van der Waals surface area contributed by atoms with Gasteiger partial charge in [0.25, 0.3) is 0 Å². The predicted octanol–water partition coefficient (Wildman–Crippen LogP) is 0.183. The van der Waals surface area contributed by atoms with E-state index < -0.39 is 0 Å². The third kappa shape index (κ3) is 5.14. The fourth-order valence-corrected chi connectivity index (χ4v) is 2.02. The van der Waals surface area contributed by atoms with Crippen molar-refractivity contribution in [3.63, 3.8) is 0 Å². The summed E-state index contributed by atoms with van der Waals surface area (Å²) in [5.74, 6) is 0.559. The fraction of sp³-hybridized carbons (Fsp3) is 0.909. The Kier molecular flexibility index (Phi) is 5.65. The van der Waals surface area contributed by atoms with Crippen molar-refractivity contribution >= 4 is 5.91 Å². The smallest absolute Gasteiger partial charge is 0.218 e. The number of nitrogens with two attached hydrogens (primary N) is 1. The van der Waals surface area contributed by atoms with Gasteiger partial charge in [0.15, 0.2) is 0 Å². The van der Waals surface area contributed by atoms with Crippen molar-refractivity contribution in [1.82, 2.24) is 10.2 Å². The van der Waals surface area contributed by atoms with Crippen LogP contribution >= 0.6 is 0 Å². The highest BCUT2D eigenvalue weighted by molar-refractivity contribution is 5.73. The highest BCUT2D eigenvalue weighted by atomic mass is 16.1. The molecule has 0 aromatic heterocycles. The molecule has 1 rings (SSSR count). The summed E-state index contributed by atoms with van der Waals surface area (Å²) >= 11 is 0. The van der Waals surface area contributed by atoms with Crippen LogP contribution in [0.3, 0.4) is 0 Å². The van der Waals surface area contributed by atoms with Gasteiger partial charge in [0, 0.05) is 13.0 Å². The Morgan fingerprint density at radius 2 is 2.13 bits per heavy atom. The molecule has 1 fully saturated rings. The lowest BCUT2D eigenvalue weighted by Crippen LogP contribution is -2.37. The molecule has 0 aromatic rings. The molecule has 1 amide bonds. The first kappa shape index (κ1) is 12.5.